The fourth-order valence-corrected chi connectivity index (χ4v) is 2.15. The summed E-state index contributed by atoms with van der Waals surface area (Å²) < 4.78 is 0. The van der Waals surface area contributed by atoms with Gasteiger partial charge in [0.2, 0.25) is 0 Å². The second-order valence-electron chi connectivity index (χ2n) is 4.83. The van der Waals surface area contributed by atoms with Gasteiger partial charge in [-0.25, -0.2) is 0 Å². The van der Waals surface area contributed by atoms with Crippen LogP contribution in [0.3, 0.4) is 0 Å². The van der Waals surface area contributed by atoms with Crippen LogP contribution in [-0.2, 0) is 0 Å². The number of hydrogen-bond acceptors (Lipinski definition) is 3. The van der Waals surface area contributed by atoms with Crippen molar-refractivity contribution in [3.05, 3.63) is 65.7 Å². The minimum absolute atomic E-state index is 0.204. The molecule has 3 nitrogen and oxygen atoms in total. The van der Waals surface area contributed by atoms with Crippen LogP contribution in [0.25, 0.3) is 0 Å². The van der Waals surface area contributed by atoms with Gasteiger partial charge in [-0.3, -0.25) is 4.99 Å². The molecule has 0 aromatic heterocycles. The van der Waals surface area contributed by atoms with E-state index in [9.17, 15) is 10.2 Å². The van der Waals surface area contributed by atoms with Crippen molar-refractivity contribution in [2.45, 2.75) is 26.0 Å². The lowest BCUT2D eigenvalue weighted by Gasteiger charge is -2.17. The van der Waals surface area contributed by atoms with E-state index in [0.717, 1.165) is 5.56 Å². The summed E-state index contributed by atoms with van der Waals surface area (Å²) in [7, 11) is 0. The SMILES string of the molecule is CC(=N[C@H](C)[C@@H](O)c1ccccc1)c1ccccc1O. The van der Waals surface area contributed by atoms with Crippen LogP contribution in [0.4, 0.5) is 0 Å². The molecular weight excluding hydrogens is 250 g/mol. The molecule has 0 unspecified atom stereocenters. The Morgan fingerprint density at radius 1 is 1.00 bits per heavy atom. The molecule has 2 atom stereocenters. The summed E-state index contributed by atoms with van der Waals surface area (Å²) >= 11 is 0. The number of rotatable bonds is 4. The van der Waals surface area contributed by atoms with Gasteiger partial charge >= 0.3 is 0 Å². The Bertz CT molecular complexity index is 593. The molecule has 0 amide bonds. The van der Waals surface area contributed by atoms with E-state index in [1.54, 1.807) is 12.1 Å². The van der Waals surface area contributed by atoms with Crippen molar-refractivity contribution in [3.8, 4) is 5.75 Å². The van der Waals surface area contributed by atoms with Crippen molar-refractivity contribution in [1.82, 2.24) is 0 Å². The lowest BCUT2D eigenvalue weighted by molar-refractivity contribution is 0.154. The number of phenols is 1. The van der Waals surface area contributed by atoms with Gasteiger partial charge in [-0.1, -0.05) is 42.5 Å². The Hall–Kier alpha value is -2.13. The van der Waals surface area contributed by atoms with E-state index in [4.69, 9.17) is 0 Å². The first-order chi connectivity index (χ1) is 9.59. The van der Waals surface area contributed by atoms with Crippen molar-refractivity contribution in [2.24, 2.45) is 4.99 Å². The summed E-state index contributed by atoms with van der Waals surface area (Å²) in [5.74, 6) is 0.204. The van der Waals surface area contributed by atoms with Gasteiger partial charge in [0.25, 0.3) is 0 Å². The Labute approximate surface area is 119 Å². The number of hydrogen-bond donors (Lipinski definition) is 2. The van der Waals surface area contributed by atoms with Crippen molar-refractivity contribution in [2.75, 3.05) is 0 Å². The largest absolute Gasteiger partial charge is 0.507 e. The van der Waals surface area contributed by atoms with E-state index in [2.05, 4.69) is 4.99 Å². The Balaban J connectivity index is 2.20. The summed E-state index contributed by atoms with van der Waals surface area (Å²) in [6.07, 6.45) is -0.656. The molecule has 0 radical (unpaired) electrons. The summed E-state index contributed by atoms with van der Waals surface area (Å²) in [4.78, 5) is 4.49. The maximum atomic E-state index is 10.3. The van der Waals surface area contributed by atoms with Crippen molar-refractivity contribution < 1.29 is 10.2 Å². The van der Waals surface area contributed by atoms with Gasteiger partial charge in [-0.15, -0.1) is 0 Å². The predicted octanol–water partition coefficient (Wildman–Crippen LogP) is 3.32. The van der Waals surface area contributed by atoms with Crippen molar-refractivity contribution in [3.63, 3.8) is 0 Å². The second kappa shape index (κ2) is 6.35. The normalized spacial score (nSPS) is 14.8. The molecule has 3 heteroatoms. The topological polar surface area (TPSA) is 52.8 Å². The molecule has 0 heterocycles. The number of aromatic hydroxyl groups is 1. The maximum absolute atomic E-state index is 10.3. The highest BCUT2D eigenvalue weighted by atomic mass is 16.3. The average Bonchev–Trinajstić information content (AvgIpc) is 2.47. The molecule has 2 rings (SSSR count). The van der Waals surface area contributed by atoms with Gasteiger partial charge < -0.3 is 10.2 Å². The quantitative estimate of drug-likeness (QED) is 0.836. The molecule has 2 N–H and O–H groups in total. The molecule has 0 bridgehead atoms. The standard InChI is InChI=1S/C17H19NO2/c1-12(15-10-6-7-11-16(15)19)18-13(2)17(20)14-8-4-3-5-9-14/h3-11,13,17,19-20H,1-2H3/t13-,17-/m1/s1. The Morgan fingerprint density at radius 3 is 2.25 bits per heavy atom. The highest BCUT2D eigenvalue weighted by Gasteiger charge is 2.16. The van der Waals surface area contributed by atoms with E-state index in [1.165, 1.54) is 0 Å². The zero-order valence-electron chi connectivity index (χ0n) is 11.7. The molecule has 0 saturated carbocycles. The lowest BCUT2D eigenvalue weighted by atomic mass is 10.0. The first-order valence-corrected chi connectivity index (χ1v) is 6.65. The smallest absolute Gasteiger partial charge is 0.124 e. The number of aliphatic hydroxyl groups is 1. The van der Waals surface area contributed by atoms with Crippen LogP contribution in [-0.4, -0.2) is 22.0 Å². The van der Waals surface area contributed by atoms with Crippen LogP contribution in [0.2, 0.25) is 0 Å². The maximum Gasteiger partial charge on any atom is 0.124 e. The van der Waals surface area contributed by atoms with Crippen LogP contribution in [0.5, 0.6) is 5.75 Å². The molecule has 2 aromatic carbocycles. The number of phenolic OH excluding ortho intramolecular Hbond substituents is 1. The van der Waals surface area contributed by atoms with E-state index >= 15 is 0 Å². The number of aliphatic imine (C=N–C) groups is 1. The molecule has 0 aliphatic rings. The summed E-state index contributed by atoms with van der Waals surface area (Å²) in [5.41, 5.74) is 2.25. The molecule has 0 aliphatic heterocycles. The van der Waals surface area contributed by atoms with E-state index in [1.807, 2.05) is 56.3 Å². The summed E-state index contributed by atoms with van der Waals surface area (Å²) in [6, 6.07) is 16.3. The first-order valence-electron chi connectivity index (χ1n) is 6.65. The third-order valence-electron chi connectivity index (χ3n) is 3.29. The van der Waals surface area contributed by atoms with E-state index in [-0.39, 0.29) is 11.8 Å². The number of nitrogens with zero attached hydrogens (tertiary/aromatic N) is 1. The van der Waals surface area contributed by atoms with E-state index < -0.39 is 6.10 Å². The monoisotopic (exact) mass is 269 g/mol. The molecule has 0 spiro atoms. The molecule has 20 heavy (non-hydrogen) atoms. The summed E-state index contributed by atoms with van der Waals surface area (Å²) in [6.45, 7) is 3.70. The van der Waals surface area contributed by atoms with Gasteiger partial charge in [0.05, 0.1) is 6.04 Å². The van der Waals surface area contributed by atoms with Gasteiger partial charge in [0, 0.05) is 11.3 Å². The fourth-order valence-electron chi connectivity index (χ4n) is 2.15. The lowest BCUT2D eigenvalue weighted by Crippen LogP contribution is -2.14. The van der Waals surface area contributed by atoms with Gasteiger partial charge in [0.15, 0.2) is 0 Å². The molecule has 0 aliphatic carbocycles. The van der Waals surface area contributed by atoms with Crippen LogP contribution < -0.4 is 0 Å². The third kappa shape index (κ3) is 3.25. The van der Waals surface area contributed by atoms with Gasteiger partial charge in [-0.05, 0) is 31.5 Å². The number of benzene rings is 2. The summed E-state index contributed by atoms with van der Waals surface area (Å²) in [5, 5.41) is 20.1. The highest BCUT2D eigenvalue weighted by Crippen LogP contribution is 2.21. The zero-order chi connectivity index (χ0) is 14.5. The minimum atomic E-state index is -0.656. The zero-order valence-corrected chi connectivity index (χ0v) is 11.7. The van der Waals surface area contributed by atoms with Crippen LogP contribution in [0.15, 0.2) is 59.6 Å². The predicted molar refractivity (Wildman–Crippen MR) is 81.2 cm³/mol. The molecule has 2 aromatic rings. The third-order valence-corrected chi connectivity index (χ3v) is 3.29. The highest BCUT2D eigenvalue weighted by molar-refractivity contribution is 6.01. The second-order valence-corrected chi connectivity index (χ2v) is 4.83. The number of aliphatic hydroxyl groups excluding tert-OH is 1. The fraction of sp³-hybridized carbons (Fsp3) is 0.235. The van der Waals surface area contributed by atoms with Gasteiger partial charge in [-0.2, -0.15) is 0 Å². The van der Waals surface area contributed by atoms with Crippen LogP contribution in [0.1, 0.15) is 31.1 Å². The van der Waals surface area contributed by atoms with E-state index in [0.29, 0.717) is 11.3 Å². The van der Waals surface area contributed by atoms with Crippen molar-refractivity contribution >= 4 is 5.71 Å². The first kappa shape index (κ1) is 14.3. The molecular formula is C17H19NO2. The Kier molecular flexibility index (Phi) is 4.53. The molecule has 104 valence electrons. The molecule has 0 saturated heterocycles. The van der Waals surface area contributed by atoms with Gasteiger partial charge in [0.1, 0.15) is 11.9 Å². The Morgan fingerprint density at radius 2 is 1.60 bits per heavy atom. The van der Waals surface area contributed by atoms with Crippen LogP contribution >= 0.6 is 0 Å². The minimum Gasteiger partial charge on any atom is -0.507 e. The molecule has 0 fully saturated rings. The van der Waals surface area contributed by atoms with Crippen molar-refractivity contribution in [1.29, 1.82) is 0 Å². The average molecular weight is 269 g/mol. The van der Waals surface area contributed by atoms with Crippen LogP contribution in [0, 0.1) is 0 Å². The number of para-hydroxylation sites is 1.